The van der Waals surface area contributed by atoms with Crippen molar-refractivity contribution in [3.8, 4) is 0 Å². The van der Waals surface area contributed by atoms with E-state index in [-0.39, 0.29) is 21.9 Å². The molecule has 4 nitrogen and oxygen atoms in total. The van der Waals surface area contributed by atoms with Crippen molar-refractivity contribution in [3.63, 3.8) is 0 Å². The molecule has 0 saturated carbocycles. The van der Waals surface area contributed by atoms with E-state index in [4.69, 9.17) is 23.2 Å². The first-order chi connectivity index (χ1) is 5.65. The Morgan fingerprint density at radius 1 is 1.58 bits per heavy atom. The van der Waals surface area contributed by atoms with Crippen LogP contribution in [0.15, 0.2) is 6.20 Å². The standard InChI is InChI=1S/C6H5Cl2N3O/c1-9-5(12)4-3(7)2-10-6(8)11-4/h2H,1H3,(H,9,12). The second kappa shape index (κ2) is 3.69. The lowest BCUT2D eigenvalue weighted by Gasteiger charge is -2.00. The fraction of sp³-hybridized carbons (Fsp3) is 0.167. The van der Waals surface area contributed by atoms with E-state index in [0.29, 0.717) is 0 Å². The van der Waals surface area contributed by atoms with Crippen molar-refractivity contribution in [2.75, 3.05) is 7.05 Å². The zero-order valence-electron chi connectivity index (χ0n) is 6.14. The minimum absolute atomic E-state index is 0.00185. The van der Waals surface area contributed by atoms with Gasteiger partial charge < -0.3 is 5.32 Å². The largest absolute Gasteiger partial charge is 0.354 e. The van der Waals surface area contributed by atoms with Crippen molar-refractivity contribution in [2.24, 2.45) is 0 Å². The Morgan fingerprint density at radius 3 is 2.83 bits per heavy atom. The molecule has 1 heterocycles. The third kappa shape index (κ3) is 1.84. The van der Waals surface area contributed by atoms with Crippen LogP contribution in [0.5, 0.6) is 0 Å². The van der Waals surface area contributed by atoms with E-state index in [1.54, 1.807) is 0 Å². The Bertz CT molecular complexity index is 316. The van der Waals surface area contributed by atoms with Gasteiger partial charge in [0.05, 0.1) is 11.2 Å². The van der Waals surface area contributed by atoms with Gasteiger partial charge in [0.15, 0.2) is 5.69 Å². The van der Waals surface area contributed by atoms with Crippen LogP contribution in [0.2, 0.25) is 10.3 Å². The number of rotatable bonds is 1. The van der Waals surface area contributed by atoms with Crippen molar-refractivity contribution in [1.82, 2.24) is 15.3 Å². The van der Waals surface area contributed by atoms with Gasteiger partial charge in [-0.2, -0.15) is 0 Å². The smallest absolute Gasteiger partial charge is 0.271 e. The van der Waals surface area contributed by atoms with Crippen LogP contribution < -0.4 is 5.32 Å². The fourth-order valence-corrected chi connectivity index (χ4v) is 0.933. The molecule has 0 bridgehead atoms. The predicted molar refractivity (Wildman–Crippen MR) is 45.4 cm³/mol. The molecular weight excluding hydrogens is 201 g/mol. The maximum atomic E-state index is 11.0. The molecule has 0 aliphatic heterocycles. The molecule has 0 atom stereocenters. The van der Waals surface area contributed by atoms with Crippen LogP contribution in [-0.4, -0.2) is 22.9 Å². The second-order valence-electron chi connectivity index (χ2n) is 1.91. The van der Waals surface area contributed by atoms with Crippen molar-refractivity contribution in [1.29, 1.82) is 0 Å². The first kappa shape index (κ1) is 9.22. The van der Waals surface area contributed by atoms with Gasteiger partial charge in [0.2, 0.25) is 5.28 Å². The second-order valence-corrected chi connectivity index (χ2v) is 2.66. The van der Waals surface area contributed by atoms with E-state index in [1.165, 1.54) is 13.2 Å². The Morgan fingerprint density at radius 2 is 2.25 bits per heavy atom. The minimum Gasteiger partial charge on any atom is -0.354 e. The van der Waals surface area contributed by atoms with E-state index < -0.39 is 0 Å². The van der Waals surface area contributed by atoms with E-state index in [0.717, 1.165) is 0 Å². The monoisotopic (exact) mass is 205 g/mol. The molecule has 1 amide bonds. The molecule has 0 aliphatic rings. The quantitative estimate of drug-likeness (QED) is 0.701. The van der Waals surface area contributed by atoms with Crippen molar-refractivity contribution < 1.29 is 4.79 Å². The number of carbonyl (C=O) groups is 1. The number of nitrogens with one attached hydrogen (secondary N) is 1. The summed E-state index contributed by atoms with van der Waals surface area (Å²) in [6.07, 6.45) is 1.28. The molecule has 0 radical (unpaired) electrons. The van der Waals surface area contributed by atoms with Gasteiger partial charge in [-0.15, -0.1) is 0 Å². The summed E-state index contributed by atoms with van der Waals surface area (Å²) in [6.45, 7) is 0. The summed E-state index contributed by atoms with van der Waals surface area (Å²) < 4.78 is 0. The molecule has 0 aliphatic carbocycles. The van der Waals surface area contributed by atoms with Crippen LogP contribution in [0.3, 0.4) is 0 Å². The predicted octanol–water partition coefficient (Wildman–Crippen LogP) is 1.14. The highest BCUT2D eigenvalue weighted by atomic mass is 35.5. The molecule has 0 fully saturated rings. The van der Waals surface area contributed by atoms with E-state index in [9.17, 15) is 4.79 Å². The van der Waals surface area contributed by atoms with E-state index in [1.807, 2.05) is 0 Å². The summed E-state index contributed by atoms with van der Waals surface area (Å²) in [7, 11) is 1.48. The van der Waals surface area contributed by atoms with Crippen molar-refractivity contribution in [3.05, 3.63) is 22.2 Å². The normalized spacial score (nSPS) is 9.58. The summed E-state index contributed by atoms with van der Waals surface area (Å²) in [4.78, 5) is 18.3. The van der Waals surface area contributed by atoms with Crippen LogP contribution in [-0.2, 0) is 0 Å². The molecule has 0 saturated heterocycles. The van der Waals surface area contributed by atoms with Gasteiger partial charge in [-0.05, 0) is 11.6 Å². The Labute approximate surface area is 78.9 Å². The van der Waals surface area contributed by atoms with Gasteiger partial charge in [-0.25, -0.2) is 9.97 Å². The average molecular weight is 206 g/mol. The van der Waals surface area contributed by atoms with Crippen LogP contribution >= 0.6 is 23.2 Å². The fourth-order valence-electron chi connectivity index (χ4n) is 0.623. The molecule has 6 heteroatoms. The number of hydrogen-bond acceptors (Lipinski definition) is 3. The molecule has 12 heavy (non-hydrogen) atoms. The Hall–Kier alpha value is -0.870. The van der Waals surface area contributed by atoms with Gasteiger partial charge in [0.1, 0.15) is 0 Å². The molecule has 0 unspecified atom stereocenters. The van der Waals surface area contributed by atoms with Crippen LogP contribution in [0.4, 0.5) is 0 Å². The summed E-state index contributed by atoms with van der Waals surface area (Å²) in [5.74, 6) is -0.385. The molecule has 1 N–H and O–H groups in total. The number of carbonyl (C=O) groups excluding carboxylic acids is 1. The van der Waals surface area contributed by atoms with E-state index >= 15 is 0 Å². The van der Waals surface area contributed by atoms with Gasteiger partial charge in [-0.1, -0.05) is 11.6 Å². The van der Waals surface area contributed by atoms with Crippen molar-refractivity contribution in [2.45, 2.75) is 0 Å². The third-order valence-electron chi connectivity index (χ3n) is 1.16. The van der Waals surface area contributed by atoms with Gasteiger partial charge in [0, 0.05) is 7.05 Å². The molecule has 0 aromatic carbocycles. The maximum absolute atomic E-state index is 11.0. The first-order valence-electron chi connectivity index (χ1n) is 3.05. The lowest BCUT2D eigenvalue weighted by atomic mass is 10.4. The Balaban J connectivity index is 3.13. The molecule has 0 spiro atoms. The third-order valence-corrected chi connectivity index (χ3v) is 1.62. The SMILES string of the molecule is CNC(=O)c1nc(Cl)ncc1Cl. The van der Waals surface area contributed by atoms with Crippen LogP contribution in [0, 0.1) is 0 Å². The Kier molecular flexibility index (Phi) is 2.83. The van der Waals surface area contributed by atoms with Crippen LogP contribution in [0.1, 0.15) is 10.5 Å². The topological polar surface area (TPSA) is 54.9 Å². The molecule has 1 rings (SSSR count). The molecule has 64 valence electrons. The summed E-state index contributed by atoms with van der Waals surface area (Å²) in [5, 5.41) is 2.55. The minimum atomic E-state index is -0.385. The summed E-state index contributed by atoms with van der Waals surface area (Å²) >= 11 is 11.1. The maximum Gasteiger partial charge on any atom is 0.271 e. The highest BCUT2D eigenvalue weighted by Crippen LogP contribution is 2.13. The lowest BCUT2D eigenvalue weighted by molar-refractivity contribution is 0.0958. The summed E-state index contributed by atoms with van der Waals surface area (Å²) in [5.41, 5.74) is 0.0826. The molecule has 1 aromatic rings. The van der Waals surface area contributed by atoms with E-state index in [2.05, 4.69) is 15.3 Å². The van der Waals surface area contributed by atoms with Gasteiger partial charge in [-0.3, -0.25) is 4.79 Å². The van der Waals surface area contributed by atoms with Gasteiger partial charge >= 0.3 is 0 Å². The first-order valence-corrected chi connectivity index (χ1v) is 3.81. The molecular formula is C6H5Cl2N3O. The zero-order chi connectivity index (χ0) is 9.14. The van der Waals surface area contributed by atoms with Gasteiger partial charge in [0.25, 0.3) is 5.91 Å². The molecule has 1 aromatic heterocycles. The summed E-state index contributed by atoms with van der Waals surface area (Å²) in [6, 6.07) is 0. The van der Waals surface area contributed by atoms with Crippen LogP contribution in [0.25, 0.3) is 0 Å². The highest BCUT2D eigenvalue weighted by molar-refractivity contribution is 6.34. The number of hydrogen-bond donors (Lipinski definition) is 1. The lowest BCUT2D eigenvalue weighted by Crippen LogP contribution is -2.19. The average Bonchev–Trinajstić information content (AvgIpc) is 2.08. The highest BCUT2D eigenvalue weighted by Gasteiger charge is 2.11. The number of amides is 1. The number of nitrogens with zero attached hydrogens (tertiary/aromatic N) is 2. The van der Waals surface area contributed by atoms with Crippen molar-refractivity contribution >= 4 is 29.1 Å². The number of aromatic nitrogens is 2. The zero-order valence-corrected chi connectivity index (χ0v) is 7.65. The number of halogens is 2.